The molecule has 0 aliphatic carbocycles. The largest absolute Gasteiger partial charge is 0.469 e. The minimum absolute atomic E-state index is 0.00211. The van der Waals surface area contributed by atoms with E-state index in [0.717, 1.165) is 77.0 Å². The van der Waals surface area contributed by atoms with Crippen molar-refractivity contribution in [2.45, 2.75) is 200 Å². The Morgan fingerprint density at radius 3 is 1.18 bits per heavy atom. The maximum Gasteiger partial charge on any atom is 0.333 e. The lowest BCUT2D eigenvalue weighted by Crippen LogP contribution is -2.40. The van der Waals surface area contributed by atoms with Crippen LogP contribution in [0.15, 0.2) is 0 Å². The molecule has 5 fully saturated rings. The average molecular weight is 1320 g/mol. The Balaban J connectivity index is 0.000000388. The molecule has 8 atom stereocenters. The molecule has 30 heteroatoms. The molecule has 6 N–H and O–H groups in total. The number of carbonyl (C=O) groups is 10. The van der Waals surface area contributed by atoms with E-state index in [1.54, 1.807) is 23.5 Å². The Morgan fingerprint density at radius 1 is 0.433 bits per heavy atom. The van der Waals surface area contributed by atoms with Gasteiger partial charge in [-0.3, -0.25) is 33.6 Å². The zero-order valence-corrected chi connectivity index (χ0v) is 54.7. The van der Waals surface area contributed by atoms with E-state index in [2.05, 4.69) is 41.4 Å². The normalized spacial score (nSPS) is 21.3. The number of hydrogen-bond donors (Lipinski definition) is 6. The molecule has 0 aromatic carbocycles. The highest BCUT2D eigenvalue weighted by atomic mass is 32.2. The van der Waals surface area contributed by atoms with E-state index in [1.807, 2.05) is 6.92 Å². The molecule has 28 nitrogen and oxygen atoms in total. The number of unbranched alkanes of at least 4 members (excludes halogenated alkanes) is 8. The number of hydroxylamine groups is 2. The standard InChI is InChI=1S/C31H50N4O12S.C29H51N3O9S/c1-42-26(39)10-7-6-8-22-28-29(34-31(41)33-28)30(48-22)46-21-20-45-19-18-44-17-16-43-15-14-32-23(36)9-4-2-3-5-11-27(40)47-35-24(37)12-13-25(35)38;1-3-22(33)10-6-4-5-7-12-24(34)30-14-15-38-16-17-39-18-19-40-20-21-41-28-27-26(31-29(36)32-27)23(42-28)11-8-9-13-25(35)37-2/h22,28-30H,2-21H2,1H3,(H,32,36)(H2,33,34,41);23,26-28H,3-21H2,1-2H3,(H,30,34)(H2,31,32,36)/t22-,28+,29+,30+;23-,26+,27+,28+/m00/s1. The van der Waals surface area contributed by atoms with E-state index in [0.29, 0.717) is 168 Å². The molecule has 5 heterocycles. The maximum absolute atomic E-state index is 12.0. The third-order valence-electron chi connectivity index (χ3n) is 15.0. The molecule has 0 bridgehead atoms. The molecular formula is C60H101N7O21S2. The fourth-order valence-electron chi connectivity index (χ4n) is 10.2. The molecule has 8 amide bonds. The lowest BCUT2D eigenvalue weighted by Gasteiger charge is -2.17. The quantitative estimate of drug-likeness (QED) is 0.0216. The van der Waals surface area contributed by atoms with E-state index in [9.17, 15) is 47.9 Å². The zero-order chi connectivity index (χ0) is 65.0. The summed E-state index contributed by atoms with van der Waals surface area (Å²) >= 11 is 3.42. The van der Waals surface area contributed by atoms with Crippen molar-refractivity contribution < 1.29 is 100 Å². The zero-order valence-electron chi connectivity index (χ0n) is 53.0. The lowest BCUT2D eigenvalue weighted by atomic mass is 10.0. The molecule has 0 spiro atoms. The summed E-state index contributed by atoms with van der Waals surface area (Å²) < 4.78 is 54.6. The molecule has 5 saturated heterocycles. The number of amides is 8. The van der Waals surface area contributed by atoms with Crippen LogP contribution in [-0.2, 0) is 90.6 Å². The van der Waals surface area contributed by atoms with Crippen molar-refractivity contribution >= 4 is 82.9 Å². The first-order chi connectivity index (χ1) is 43.7. The van der Waals surface area contributed by atoms with Gasteiger partial charge in [0.05, 0.1) is 131 Å². The van der Waals surface area contributed by atoms with Gasteiger partial charge in [-0.25, -0.2) is 14.4 Å². The van der Waals surface area contributed by atoms with Gasteiger partial charge in [-0.2, -0.15) is 0 Å². The maximum atomic E-state index is 12.0. The summed E-state index contributed by atoms with van der Waals surface area (Å²) in [5, 5.41) is 18.5. The number of nitrogens with zero attached hydrogens (tertiary/aromatic N) is 1. The van der Waals surface area contributed by atoms with Gasteiger partial charge in [0.15, 0.2) is 0 Å². The number of fused-ring (bicyclic) bond motifs is 2. The number of urea groups is 2. The first-order valence-corrected chi connectivity index (χ1v) is 34.0. The monoisotopic (exact) mass is 1320 g/mol. The first-order valence-electron chi connectivity index (χ1n) is 32.1. The molecule has 514 valence electrons. The van der Waals surface area contributed by atoms with Gasteiger partial charge in [-0.05, 0) is 51.4 Å². The number of imide groups is 1. The summed E-state index contributed by atoms with van der Waals surface area (Å²) in [5.41, 5.74) is -0.310. The van der Waals surface area contributed by atoms with Crippen LogP contribution >= 0.6 is 23.5 Å². The molecule has 90 heavy (non-hydrogen) atoms. The Hall–Kier alpha value is -4.92. The van der Waals surface area contributed by atoms with Gasteiger partial charge in [0.2, 0.25) is 11.8 Å². The second kappa shape index (κ2) is 47.9. The Kier molecular flexibility index (Phi) is 41.3. The van der Waals surface area contributed by atoms with Crippen LogP contribution in [0.3, 0.4) is 0 Å². The van der Waals surface area contributed by atoms with Crippen LogP contribution in [-0.4, -0.2) is 230 Å². The van der Waals surface area contributed by atoms with Gasteiger partial charge in [-0.15, -0.1) is 28.6 Å². The van der Waals surface area contributed by atoms with Crippen molar-refractivity contribution in [3.05, 3.63) is 0 Å². The molecule has 0 saturated carbocycles. The molecular weight excluding hydrogens is 1220 g/mol. The first kappa shape index (κ1) is 77.5. The van der Waals surface area contributed by atoms with E-state index >= 15 is 0 Å². The van der Waals surface area contributed by atoms with Crippen LogP contribution < -0.4 is 31.9 Å². The third-order valence-corrected chi connectivity index (χ3v) is 18.2. The van der Waals surface area contributed by atoms with Gasteiger partial charge in [0, 0.05) is 81.4 Å². The van der Waals surface area contributed by atoms with Crippen molar-refractivity contribution in [3.8, 4) is 0 Å². The summed E-state index contributed by atoms with van der Waals surface area (Å²) in [7, 11) is 2.78. The Bertz CT molecular complexity index is 2140. The van der Waals surface area contributed by atoms with Crippen molar-refractivity contribution in [1.29, 1.82) is 0 Å². The molecule has 0 aromatic heterocycles. The average Bonchev–Trinajstić information content (AvgIpc) is 2.23. The number of ether oxygens (including phenoxy) is 10. The minimum atomic E-state index is -0.606. The SMILES string of the molecule is CCC(=O)CCCCCCC(=O)NCCOCCOCCOCCO[C@@H]1S[C@@H](CCCCC(=O)OC)[C@H]2NC(=O)N[C@H]21.COC(=O)CCCC[C@@H]1S[C@@H](OCCOCCOCCOCCNC(=O)CCCCCCC(=O)ON2C(=O)CCC2=O)[C@@H]2NC(=O)N[C@@H]21. The molecule has 5 aliphatic rings. The number of nitrogens with one attached hydrogen (secondary N) is 6. The minimum Gasteiger partial charge on any atom is -0.469 e. The summed E-state index contributed by atoms with van der Waals surface area (Å²) in [6.45, 7) is 8.62. The Morgan fingerprint density at radius 2 is 0.778 bits per heavy atom. The number of ketones is 1. The highest BCUT2D eigenvalue weighted by Crippen LogP contribution is 2.41. The van der Waals surface area contributed by atoms with Gasteiger partial charge in [0.25, 0.3) is 11.8 Å². The number of rotatable bonds is 52. The molecule has 5 rings (SSSR count). The third kappa shape index (κ3) is 33.1. The summed E-state index contributed by atoms with van der Waals surface area (Å²) in [6, 6.07) is -0.513. The molecule has 0 radical (unpaired) electrons. The number of methoxy groups -OCH3 is 2. The van der Waals surface area contributed by atoms with Crippen LogP contribution in [0.2, 0.25) is 0 Å². The van der Waals surface area contributed by atoms with E-state index in [4.69, 9.17) is 42.7 Å². The second-order valence-electron chi connectivity index (χ2n) is 21.9. The second-order valence-corrected chi connectivity index (χ2v) is 24.6. The highest BCUT2D eigenvalue weighted by Gasteiger charge is 2.51. The van der Waals surface area contributed by atoms with Crippen molar-refractivity contribution in [3.63, 3.8) is 0 Å². The number of Topliss-reactive ketones (excluding diaryl/α,β-unsaturated/α-hetero) is 1. The van der Waals surface area contributed by atoms with Crippen LogP contribution in [0, 0.1) is 0 Å². The van der Waals surface area contributed by atoms with Crippen LogP contribution in [0.5, 0.6) is 0 Å². The van der Waals surface area contributed by atoms with Gasteiger partial charge in [-0.1, -0.05) is 45.4 Å². The Labute approximate surface area is 537 Å². The van der Waals surface area contributed by atoms with Crippen molar-refractivity contribution in [2.24, 2.45) is 0 Å². The van der Waals surface area contributed by atoms with Crippen molar-refractivity contribution in [1.82, 2.24) is 37.0 Å². The van der Waals surface area contributed by atoms with E-state index in [1.165, 1.54) is 14.2 Å². The number of carbonyl (C=O) groups excluding carboxylic acids is 10. The molecule has 5 aliphatic heterocycles. The summed E-state index contributed by atoms with van der Waals surface area (Å²) in [4.78, 5) is 121. The molecule has 0 unspecified atom stereocenters. The van der Waals surface area contributed by atoms with E-state index in [-0.39, 0.29) is 101 Å². The van der Waals surface area contributed by atoms with Crippen LogP contribution in [0.25, 0.3) is 0 Å². The fourth-order valence-corrected chi connectivity index (χ4v) is 13.4. The lowest BCUT2D eigenvalue weighted by molar-refractivity contribution is -0.197. The van der Waals surface area contributed by atoms with Crippen LogP contribution in [0.4, 0.5) is 9.59 Å². The fraction of sp³-hybridized carbons (Fsp3) is 0.833. The number of thioether (sulfide) groups is 2. The van der Waals surface area contributed by atoms with Gasteiger partial charge in [0.1, 0.15) is 16.7 Å². The summed E-state index contributed by atoms with van der Waals surface area (Å²) in [5.74, 6) is -1.72. The van der Waals surface area contributed by atoms with Gasteiger partial charge >= 0.3 is 30.0 Å². The predicted octanol–water partition coefficient (Wildman–Crippen LogP) is 4.06. The van der Waals surface area contributed by atoms with Crippen molar-refractivity contribution in [2.75, 3.05) is 120 Å². The predicted molar refractivity (Wildman–Crippen MR) is 331 cm³/mol. The highest BCUT2D eigenvalue weighted by molar-refractivity contribution is 8.01. The topological polar surface area (TPSA) is 348 Å². The number of esters is 2. The summed E-state index contributed by atoms with van der Waals surface area (Å²) in [6.07, 6.45) is 14.7. The smallest absolute Gasteiger partial charge is 0.333 e. The van der Waals surface area contributed by atoms with E-state index < -0.39 is 17.8 Å². The molecule has 0 aromatic rings. The van der Waals surface area contributed by atoms with Gasteiger partial charge < -0.3 is 84.1 Å². The van der Waals surface area contributed by atoms with Crippen LogP contribution in [0.1, 0.15) is 155 Å². The number of hydrogen-bond acceptors (Lipinski definition) is 23.